The summed E-state index contributed by atoms with van der Waals surface area (Å²) in [5.41, 5.74) is 0. The second kappa shape index (κ2) is 6.41. The third kappa shape index (κ3) is 3.15. The van der Waals surface area contributed by atoms with Crippen molar-refractivity contribution in [2.75, 3.05) is 39.8 Å². The summed E-state index contributed by atoms with van der Waals surface area (Å²) in [7, 11) is 2.05. The lowest BCUT2D eigenvalue weighted by Gasteiger charge is -2.36. The van der Waals surface area contributed by atoms with E-state index in [1.165, 1.54) is 25.8 Å². The van der Waals surface area contributed by atoms with Crippen molar-refractivity contribution in [1.29, 1.82) is 0 Å². The molecule has 0 radical (unpaired) electrons. The van der Waals surface area contributed by atoms with Crippen LogP contribution in [0.5, 0.6) is 0 Å². The Bertz CT molecular complexity index is 350. The van der Waals surface area contributed by atoms with E-state index in [2.05, 4.69) is 22.2 Å². The van der Waals surface area contributed by atoms with Crippen LogP contribution in [0.4, 0.5) is 0 Å². The van der Waals surface area contributed by atoms with Crippen molar-refractivity contribution in [2.24, 2.45) is 0 Å². The average Bonchev–Trinajstić information content (AvgIpc) is 2.92. The molecule has 0 saturated carbocycles. The summed E-state index contributed by atoms with van der Waals surface area (Å²) in [6.45, 7) is 4.71. The van der Waals surface area contributed by atoms with E-state index in [1.54, 1.807) is 0 Å². The number of carbonyl (C=O) groups excluding carboxylic acids is 1. The topological polar surface area (TPSA) is 44.8 Å². The number of amides is 1. The highest BCUT2D eigenvalue weighted by Crippen LogP contribution is 2.22. The number of carbonyl (C=O) groups is 1. The first-order chi connectivity index (χ1) is 9.74. The third-order valence-corrected chi connectivity index (χ3v) is 5.04. The summed E-state index contributed by atoms with van der Waals surface area (Å²) < 4.78 is 5.89. The molecule has 3 unspecified atom stereocenters. The van der Waals surface area contributed by atoms with Crippen molar-refractivity contribution >= 4 is 5.91 Å². The molecule has 20 heavy (non-hydrogen) atoms. The number of ether oxygens (including phenoxy) is 1. The summed E-state index contributed by atoms with van der Waals surface area (Å²) in [6.07, 6.45) is 6.09. The quantitative estimate of drug-likeness (QED) is 0.816. The largest absolute Gasteiger partial charge is 0.373 e. The molecule has 3 saturated heterocycles. The van der Waals surface area contributed by atoms with Crippen LogP contribution in [0.2, 0.25) is 0 Å². The molecule has 3 heterocycles. The van der Waals surface area contributed by atoms with Crippen LogP contribution in [0.15, 0.2) is 0 Å². The zero-order valence-electron chi connectivity index (χ0n) is 12.5. The van der Waals surface area contributed by atoms with E-state index in [9.17, 15) is 4.79 Å². The zero-order valence-corrected chi connectivity index (χ0v) is 12.5. The van der Waals surface area contributed by atoms with Gasteiger partial charge in [0.2, 0.25) is 5.91 Å². The van der Waals surface area contributed by atoms with Gasteiger partial charge in [0.15, 0.2) is 0 Å². The van der Waals surface area contributed by atoms with E-state index < -0.39 is 0 Å². The van der Waals surface area contributed by atoms with E-state index in [-0.39, 0.29) is 18.1 Å². The normalized spacial score (nSPS) is 35.8. The van der Waals surface area contributed by atoms with Gasteiger partial charge in [-0.25, -0.2) is 0 Å². The molecule has 0 aromatic heterocycles. The molecule has 0 spiro atoms. The Balaban J connectivity index is 1.43. The van der Waals surface area contributed by atoms with Crippen molar-refractivity contribution in [3.63, 3.8) is 0 Å². The van der Waals surface area contributed by atoms with Crippen LogP contribution in [0, 0.1) is 0 Å². The molecule has 3 rings (SSSR count). The van der Waals surface area contributed by atoms with Crippen LogP contribution in [-0.4, -0.2) is 73.7 Å². The molecule has 1 amide bonds. The molecule has 5 nitrogen and oxygen atoms in total. The van der Waals surface area contributed by atoms with Crippen LogP contribution in [0.25, 0.3) is 0 Å². The Morgan fingerprint density at radius 3 is 3.00 bits per heavy atom. The predicted octanol–water partition coefficient (Wildman–Crippen LogP) is 0.450. The molecule has 0 aliphatic carbocycles. The number of nitrogens with one attached hydrogen (secondary N) is 1. The van der Waals surface area contributed by atoms with Gasteiger partial charge >= 0.3 is 0 Å². The van der Waals surface area contributed by atoms with Crippen molar-refractivity contribution in [1.82, 2.24) is 15.1 Å². The SMILES string of the molecule is CN1CCCCC1C(=O)NCC1CN2CCCC2CO1. The van der Waals surface area contributed by atoms with Gasteiger partial charge in [0.1, 0.15) is 0 Å². The molecule has 3 aliphatic rings. The Kier molecular flexibility index (Phi) is 4.58. The fourth-order valence-corrected chi connectivity index (χ4v) is 3.75. The number of rotatable bonds is 3. The summed E-state index contributed by atoms with van der Waals surface area (Å²) in [4.78, 5) is 17.0. The number of fused-ring (bicyclic) bond motifs is 1. The standard InChI is InChI=1S/C15H27N3O2/c1-17-7-3-2-6-14(17)15(19)16-9-13-10-18-8-4-5-12(18)11-20-13/h12-14H,2-11H2,1H3,(H,16,19). The molecular weight excluding hydrogens is 254 g/mol. The molecule has 5 heteroatoms. The van der Waals surface area contributed by atoms with Crippen LogP contribution in [0.3, 0.4) is 0 Å². The predicted molar refractivity (Wildman–Crippen MR) is 77.6 cm³/mol. The second-order valence-corrected chi connectivity index (χ2v) is 6.48. The molecular formula is C15H27N3O2. The Hall–Kier alpha value is -0.650. The average molecular weight is 281 g/mol. The maximum Gasteiger partial charge on any atom is 0.237 e. The highest BCUT2D eigenvalue weighted by molar-refractivity contribution is 5.81. The Labute approximate surface area is 121 Å². The number of nitrogens with zero attached hydrogens (tertiary/aromatic N) is 2. The van der Waals surface area contributed by atoms with Crippen molar-refractivity contribution < 1.29 is 9.53 Å². The highest BCUT2D eigenvalue weighted by atomic mass is 16.5. The molecule has 3 aliphatic heterocycles. The highest BCUT2D eigenvalue weighted by Gasteiger charge is 2.33. The van der Waals surface area contributed by atoms with Gasteiger partial charge in [-0.1, -0.05) is 6.42 Å². The first kappa shape index (κ1) is 14.3. The van der Waals surface area contributed by atoms with Crippen LogP contribution in [-0.2, 0) is 9.53 Å². The summed E-state index contributed by atoms with van der Waals surface area (Å²) >= 11 is 0. The van der Waals surface area contributed by atoms with Gasteiger partial charge in [-0.05, 0) is 45.8 Å². The Morgan fingerprint density at radius 2 is 2.15 bits per heavy atom. The van der Waals surface area contributed by atoms with Crippen LogP contribution < -0.4 is 5.32 Å². The first-order valence-corrected chi connectivity index (χ1v) is 8.07. The van der Waals surface area contributed by atoms with E-state index in [1.807, 2.05) is 0 Å². The van der Waals surface area contributed by atoms with Gasteiger partial charge in [0.25, 0.3) is 0 Å². The van der Waals surface area contributed by atoms with Crippen molar-refractivity contribution in [2.45, 2.75) is 50.3 Å². The number of piperidine rings is 1. The molecule has 0 aromatic rings. The summed E-state index contributed by atoms with van der Waals surface area (Å²) in [5.74, 6) is 0.180. The molecule has 3 fully saturated rings. The lowest BCUT2D eigenvalue weighted by molar-refractivity contribution is -0.128. The smallest absolute Gasteiger partial charge is 0.237 e. The van der Waals surface area contributed by atoms with Crippen LogP contribution in [0.1, 0.15) is 32.1 Å². The van der Waals surface area contributed by atoms with E-state index in [0.29, 0.717) is 12.6 Å². The zero-order chi connectivity index (χ0) is 13.9. The molecule has 0 bridgehead atoms. The number of hydrogen-bond acceptors (Lipinski definition) is 4. The van der Waals surface area contributed by atoms with Gasteiger partial charge in [-0.15, -0.1) is 0 Å². The number of hydrogen-bond donors (Lipinski definition) is 1. The van der Waals surface area contributed by atoms with E-state index in [4.69, 9.17) is 4.74 Å². The van der Waals surface area contributed by atoms with Gasteiger partial charge < -0.3 is 10.1 Å². The minimum atomic E-state index is 0.0619. The van der Waals surface area contributed by atoms with Gasteiger partial charge in [0, 0.05) is 19.1 Å². The molecule has 0 aromatic carbocycles. The molecule has 3 atom stereocenters. The van der Waals surface area contributed by atoms with Gasteiger partial charge in [-0.3, -0.25) is 14.6 Å². The first-order valence-electron chi connectivity index (χ1n) is 8.07. The lowest BCUT2D eigenvalue weighted by Crippen LogP contribution is -2.53. The maximum absolute atomic E-state index is 12.3. The minimum absolute atomic E-state index is 0.0619. The van der Waals surface area contributed by atoms with Crippen molar-refractivity contribution in [3.8, 4) is 0 Å². The molecule has 1 N–H and O–H groups in total. The third-order valence-electron chi connectivity index (χ3n) is 5.04. The van der Waals surface area contributed by atoms with E-state index in [0.717, 1.165) is 32.5 Å². The fourth-order valence-electron chi connectivity index (χ4n) is 3.75. The monoisotopic (exact) mass is 281 g/mol. The van der Waals surface area contributed by atoms with Gasteiger partial charge in [0.05, 0.1) is 18.8 Å². The molecule has 114 valence electrons. The summed E-state index contributed by atoms with van der Waals surface area (Å²) in [5, 5.41) is 3.10. The van der Waals surface area contributed by atoms with Crippen LogP contribution >= 0.6 is 0 Å². The Morgan fingerprint density at radius 1 is 1.25 bits per heavy atom. The van der Waals surface area contributed by atoms with Crippen molar-refractivity contribution in [3.05, 3.63) is 0 Å². The number of likely N-dealkylation sites (tertiary alicyclic amines) is 1. The van der Waals surface area contributed by atoms with E-state index >= 15 is 0 Å². The number of morpholine rings is 1. The van der Waals surface area contributed by atoms with Gasteiger partial charge in [-0.2, -0.15) is 0 Å². The minimum Gasteiger partial charge on any atom is -0.373 e. The second-order valence-electron chi connectivity index (χ2n) is 6.48. The number of likely N-dealkylation sites (N-methyl/N-ethyl adjacent to an activating group) is 1. The fraction of sp³-hybridized carbons (Fsp3) is 0.933. The maximum atomic E-state index is 12.3. The lowest BCUT2D eigenvalue weighted by atomic mass is 10.0. The summed E-state index contributed by atoms with van der Waals surface area (Å²) in [6, 6.07) is 0.693.